The van der Waals surface area contributed by atoms with Gasteiger partial charge in [0.05, 0.1) is 18.4 Å². The van der Waals surface area contributed by atoms with E-state index in [0.717, 1.165) is 22.1 Å². The van der Waals surface area contributed by atoms with Crippen molar-refractivity contribution >= 4 is 28.7 Å². The van der Waals surface area contributed by atoms with E-state index in [9.17, 15) is 9.59 Å². The number of pyridine rings is 1. The molecule has 2 aromatic heterocycles. The van der Waals surface area contributed by atoms with Crippen LogP contribution < -0.4 is 10.1 Å². The van der Waals surface area contributed by atoms with Crippen LogP contribution >= 0.6 is 0 Å². The van der Waals surface area contributed by atoms with E-state index in [0.29, 0.717) is 34.9 Å². The first-order valence-electron chi connectivity index (χ1n) is 12.5. The number of H-pyrrole nitrogens is 1. The zero-order valence-electron chi connectivity index (χ0n) is 23.3. The maximum atomic E-state index is 13.1. The number of hydrogen-bond acceptors (Lipinski definition) is 7. The molecule has 0 aliphatic carbocycles. The van der Waals surface area contributed by atoms with Crippen molar-refractivity contribution in [2.24, 2.45) is 0 Å². The first kappa shape index (κ1) is 27.6. The van der Waals surface area contributed by atoms with Crippen LogP contribution in [0, 0.1) is 0 Å². The lowest BCUT2D eigenvalue weighted by molar-refractivity contribution is 0.0295. The summed E-state index contributed by atoms with van der Waals surface area (Å²) >= 11 is 0. The molecule has 0 fully saturated rings. The van der Waals surface area contributed by atoms with E-state index in [4.69, 9.17) is 9.47 Å². The molecule has 2 N–H and O–H groups in total. The van der Waals surface area contributed by atoms with Crippen LogP contribution in [0.1, 0.15) is 24.2 Å². The lowest BCUT2D eigenvalue weighted by atomic mass is 10.0. The number of nitrogens with zero attached hydrogens (tertiary/aromatic N) is 4. The highest BCUT2D eigenvalue weighted by Crippen LogP contribution is 2.35. The smallest absolute Gasteiger partial charge is 0.412 e. The highest BCUT2D eigenvalue weighted by molar-refractivity contribution is 6.04. The molecule has 2 heterocycles. The Balaban J connectivity index is 1.71. The summed E-state index contributed by atoms with van der Waals surface area (Å²) in [4.78, 5) is 33.8. The van der Waals surface area contributed by atoms with E-state index < -0.39 is 11.7 Å². The van der Waals surface area contributed by atoms with E-state index in [-0.39, 0.29) is 5.91 Å². The summed E-state index contributed by atoms with van der Waals surface area (Å²) in [6.45, 7) is 4.21. The summed E-state index contributed by atoms with van der Waals surface area (Å²) < 4.78 is 11.2. The fourth-order valence-electron chi connectivity index (χ4n) is 4.54. The van der Waals surface area contributed by atoms with Gasteiger partial charge in [0.25, 0.3) is 5.91 Å². The minimum Gasteiger partial charge on any atom is -0.496 e. The summed E-state index contributed by atoms with van der Waals surface area (Å²) in [5.74, 6) is 0.443. The molecule has 0 radical (unpaired) electrons. The van der Waals surface area contributed by atoms with Crippen molar-refractivity contribution < 1.29 is 19.1 Å². The summed E-state index contributed by atoms with van der Waals surface area (Å²) in [5.41, 5.74) is 3.69. The highest BCUT2D eigenvalue weighted by atomic mass is 16.6. The Labute approximate surface area is 227 Å². The Morgan fingerprint density at radius 2 is 1.77 bits per heavy atom. The minimum atomic E-state index is -0.718. The normalized spacial score (nSPS) is 11.5. The number of likely N-dealkylation sites (N-methyl/N-ethyl adjacent to an activating group) is 1. The first-order valence-corrected chi connectivity index (χ1v) is 12.5. The second kappa shape index (κ2) is 11.1. The van der Waals surface area contributed by atoms with E-state index in [1.807, 2.05) is 69.2 Å². The number of benzene rings is 2. The number of carbonyl (C=O) groups excluding carboxylic acids is 2. The molecule has 2 amide bonds. The molecule has 0 bridgehead atoms. The lowest BCUT2D eigenvalue weighted by Gasteiger charge is -2.28. The molecule has 0 spiro atoms. The van der Waals surface area contributed by atoms with Crippen molar-refractivity contribution in [3.05, 3.63) is 60.3 Å². The molecule has 0 aliphatic heterocycles. The van der Waals surface area contributed by atoms with Gasteiger partial charge in [-0.1, -0.05) is 18.2 Å². The average molecular weight is 531 g/mol. The SMILES string of the molecule is COc1ccccc1-c1n[nH]c2ncc(-c3ccc(NC(=O)OC(C)(C)CN(C)C)c(C(=O)N(C)C)c3)cc12. The molecule has 10 heteroatoms. The second-order valence-corrected chi connectivity index (χ2v) is 10.4. The van der Waals surface area contributed by atoms with Crippen LogP contribution in [0.4, 0.5) is 10.5 Å². The number of aromatic amines is 1. The van der Waals surface area contributed by atoms with Crippen LogP contribution in [-0.2, 0) is 4.74 Å². The predicted octanol–water partition coefficient (Wildman–Crippen LogP) is 4.89. The number of fused-ring (bicyclic) bond motifs is 1. The van der Waals surface area contributed by atoms with Gasteiger partial charge in [-0.2, -0.15) is 5.10 Å². The third kappa shape index (κ3) is 6.18. The Bertz CT molecular complexity index is 1510. The monoisotopic (exact) mass is 530 g/mol. The molecule has 0 aliphatic rings. The number of hydrogen-bond donors (Lipinski definition) is 2. The molecule has 0 unspecified atom stereocenters. The zero-order valence-corrected chi connectivity index (χ0v) is 23.3. The topological polar surface area (TPSA) is 113 Å². The number of amides is 2. The number of aromatic nitrogens is 3. The molecule has 4 aromatic rings. The standard InChI is InChI=1S/C29H34N6O4/c1-29(2,17-34(3)4)39-28(37)31-23-13-12-18(14-21(23)27(36)35(5)6)19-15-22-25(32-33-26(22)30-16-19)20-10-8-9-11-24(20)38-7/h8-16H,17H2,1-7H3,(H,31,37)(H,30,32,33). The van der Waals surface area contributed by atoms with Crippen molar-refractivity contribution in [3.8, 4) is 28.1 Å². The van der Waals surface area contributed by atoms with Gasteiger partial charge >= 0.3 is 6.09 Å². The molecule has 0 saturated carbocycles. The number of ether oxygens (including phenoxy) is 2. The summed E-state index contributed by atoms with van der Waals surface area (Å²) in [6, 6.07) is 14.9. The number of carbonyl (C=O) groups is 2. The molecule has 2 aromatic carbocycles. The van der Waals surface area contributed by atoms with Gasteiger partial charge in [0.2, 0.25) is 0 Å². The summed E-state index contributed by atoms with van der Waals surface area (Å²) in [6.07, 6.45) is 1.09. The molecule has 4 rings (SSSR count). The maximum absolute atomic E-state index is 13.1. The van der Waals surface area contributed by atoms with Gasteiger partial charge in [0.15, 0.2) is 5.65 Å². The van der Waals surface area contributed by atoms with Gasteiger partial charge in [-0.15, -0.1) is 0 Å². The van der Waals surface area contributed by atoms with Gasteiger partial charge in [-0.25, -0.2) is 9.78 Å². The average Bonchev–Trinajstić information content (AvgIpc) is 3.30. The van der Waals surface area contributed by atoms with E-state index >= 15 is 0 Å². The molecular weight excluding hydrogens is 496 g/mol. The zero-order chi connectivity index (χ0) is 28.3. The quantitative estimate of drug-likeness (QED) is 0.333. The number of para-hydroxylation sites is 1. The van der Waals surface area contributed by atoms with Crippen LogP contribution in [-0.4, -0.2) is 84.4 Å². The Hall–Kier alpha value is -4.44. The van der Waals surface area contributed by atoms with E-state index in [2.05, 4.69) is 20.5 Å². The van der Waals surface area contributed by atoms with Gasteiger partial charge in [0.1, 0.15) is 17.0 Å². The second-order valence-electron chi connectivity index (χ2n) is 10.4. The van der Waals surface area contributed by atoms with Gasteiger partial charge in [-0.3, -0.25) is 15.2 Å². The van der Waals surface area contributed by atoms with E-state index in [1.165, 1.54) is 4.90 Å². The van der Waals surface area contributed by atoms with Crippen molar-refractivity contribution in [3.63, 3.8) is 0 Å². The number of methoxy groups -OCH3 is 1. The third-order valence-corrected chi connectivity index (χ3v) is 6.07. The number of anilines is 1. The van der Waals surface area contributed by atoms with Crippen LogP contribution in [0.2, 0.25) is 0 Å². The summed E-state index contributed by atoms with van der Waals surface area (Å²) in [5, 5.41) is 11.0. The van der Waals surface area contributed by atoms with Crippen LogP contribution in [0.5, 0.6) is 5.75 Å². The van der Waals surface area contributed by atoms with Gasteiger partial charge in [-0.05, 0) is 63.8 Å². The maximum Gasteiger partial charge on any atom is 0.412 e. The predicted molar refractivity (Wildman–Crippen MR) is 152 cm³/mol. The fraction of sp³-hybridized carbons (Fsp3) is 0.310. The molecule has 204 valence electrons. The van der Waals surface area contributed by atoms with Crippen molar-refractivity contribution in [2.75, 3.05) is 47.2 Å². The minimum absolute atomic E-state index is 0.258. The van der Waals surface area contributed by atoms with Gasteiger partial charge < -0.3 is 19.3 Å². The number of nitrogens with one attached hydrogen (secondary N) is 2. The fourth-order valence-corrected chi connectivity index (χ4v) is 4.54. The van der Waals surface area contributed by atoms with Crippen LogP contribution in [0.15, 0.2) is 54.7 Å². The lowest BCUT2D eigenvalue weighted by Crippen LogP contribution is -2.40. The Kier molecular flexibility index (Phi) is 7.87. The summed E-state index contributed by atoms with van der Waals surface area (Å²) in [7, 11) is 8.76. The third-order valence-electron chi connectivity index (χ3n) is 6.07. The first-order chi connectivity index (χ1) is 18.5. The van der Waals surface area contributed by atoms with Gasteiger partial charge in [0, 0.05) is 43.4 Å². The van der Waals surface area contributed by atoms with Crippen LogP contribution in [0.3, 0.4) is 0 Å². The van der Waals surface area contributed by atoms with E-state index in [1.54, 1.807) is 39.5 Å². The molecule has 10 nitrogen and oxygen atoms in total. The number of rotatable bonds is 8. The molecule has 0 atom stereocenters. The highest BCUT2D eigenvalue weighted by Gasteiger charge is 2.25. The van der Waals surface area contributed by atoms with Crippen LogP contribution in [0.25, 0.3) is 33.4 Å². The van der Waals surface area contributed by atoms with Crippen molar-refractivity contribution in [2.45, 2.75) is 19.4 Å². The van der Waals surface area contributed by atoms with Crippen molar-refractivity contribution in [1.29, 1.82) is 0 Å². The Morgan fingerprint density at radius 1 is 1.03 bits per heavy atom. The molecule has 39 heavy (non-hydrogen) atoms. The van der Waals surface area contributed by atoms with Crippen molar-refractivity contribution in [1.82, 2.24) is 25.0 Å². The largest absolute Gasteiger partial charge is 0.496 e. The molecular formula is C29H34N6O4. The molecule has 0 saturated heterocycles. The Morgan fingerprint density at radius 3 is 2.46 bits per heavy atom.